The minimum Gasteiger partial charge on any atom is -0.392 e. The second-order valence-electron chi connectivity index (χ2n) is 4.05. The maximum Gasteiger partial charge on any atom is 0.158 e. The van der Waals surface area contributed by atoms with E-state index in [1.54, 1.807) is 6.08 Å². The minimum atomic E-state index is -0.265. The van der Waals surface area contributed by atoms with Gasteiger partial charge >= 0.3 is 0 Å². The molecule has 0 radical (unpaired) electrons. The molecule has 5 unspecified atom stereocenters. The van der Waals surface area contributed by atoms with Crippen molar-refractivity contribution in [2.45, 2.75) is 20.0 Å². The number of aliphatic hydroxyl groups excluding tert-OH is 1. The van der Waals surface area contributed by atoms with E-state index in [-0.39, 0.29) is 23.7 Å². The van der Waals surface area contributed by atoms with Gasteiger partial charge in [-0.1, -0.05) is 19.9 Å². The molecule has 5 atom stereocenters. The van der Waals surface area contributed by atoms with Crippen molar-refractivity contribution in [2.75, 3.05) is 0 Å². The van der Waals surface area contributed by atoms with E-state index < -0.39 is 0 Å². The van der Waals surface area contributed by atoms with Crippen molar-refractivity contribution in [3.05, 3.63) is 12.2 Å². The summed E-state index contributed by atoms with van der Waals surface area (Å²) in [6.45, 7) is 3.96. The minimum absolute atomic E-state index is 0.0196. The predicted molar refractivity (Wildman–Crippen MR) is 45.5 cm³/mol. The Morgan fingerprint density at radius 1 is 1.42 bits per heavy atom. The highest BCUT2D eigenvalue weighted by molar-refractivity contribution is 5.93. The summed E-state index contributed by atoms with van der Waals surface area (Å²) < 4.78 is 0. The summed E-state index contributed by atoms with van der Waals surface area (Å²) in [4.78, 5) is 11.2. The monoisotopic (exact) mass is 166 g/mol. The van der Waals surface area contributed by atoms with Crippen LogP contribution in [0.3, 0.4) is 0 Å². The van der Waals surface area contributed by atoms with E-state index in [2.05, 4.69) is 0 Å². The fourth-order valence-electron chi connectivity index (χ4n) is 2.49. The molecular formula is C10H14O2. The first kappa shape index (κ1) is 7.99. The first-order valence-corrected chi connectivity index (χ1v) is 4.53. The molecule has 12 heavy (non-hydrogen) atoms. The van der Waals surface area contributed by atoms with Gasteiger partial charge in [-0.25, -0.2) is 0 Å². The number of carbonyl (C=O) groups is 1. The van der Waals surface area contributed by atoms with Gasteiger partial charge in [0.25, 0.3) is 0 Å². The van der Waals surface area contributed by atoms with Gasteiger partial charge in [0, 0.05) is 11.8 Å². The zero-order valence-electron chi connectivity index (χ0n) is 7.40. The van der Waals surface area contributed by atoms with Crippen LogP contribution in [0.25, 0.3) is 0 Å². The number of ketones is 1. The molecule has 2 aliphatic rings. The molecule has 2 heteroatoms. The number of fused-ring (bicyclic) bond motifs is 1. The molecule has 2 nitrogen and oxygen atoms in total. The van der Waals surface area contributed by atoms with Crippen molar-refractivity contribution in [1.29, 1.82) is 0 Å². The zero-order valence-corrected chi connectivity index (χ0v) is 7.40. The van der Waals surface area contributed by atoms with Crippen LogP contribution in [-0.2, 0) is 4.79 Å². The molecule has 2 aliphatic carbocycles. The molecule has 0 heterocycles. The Bertz CT molecular complexity index is 244. The summed E-state index contributed by atoms with van der Waals surface area (Å²) in [5.74, 6) is 1.15. The molecule has 0 aliphatic heterocycles. The summed E-state index contributed by atoms with van der Waals surface area (Å²) in [5.41, 5.74) is 0. The lowest BCUT2D eigenvalue weighted by Crippen LogP contribution is -2.54. The Morgan fingerprint density at radius 2 is 2.08 bits per heavy atom. The van der Waals surface area contributed by atoms with E-state index in [0.717, 1.165) is 0 Å². The normalized spacial score (nSPS) is 51.6. The largest absolute Gasteiger partial charge is 0.392 e. The van der Waals surface area contributed by atoms with Gasteiger partial charge in [0.15, 0.2) is 5.78 Å². The molecule has 0 saturated heterocycles. The first-order valence-electron chi connectivity index (χ1n) is 4.53. The highest BCUT2D eigenvalue weighted by Crippen LogP contribution is 2.47. The van der Waals surface area contributed by atoms with Crippen LogP contribution in [-0.4, -0.2) is 17.0 Å². The summed E-state index contributed by atoms with van der Waals surface area (Å²) in [6.07, 6.45) is 3.37. The van der Waals surface area contributed by atoms with E-state index in [4.69, 9.17) is 0 Å². The molecule has 0 aromatic carbocycles. The SMILES string of the molecule is CC1C(=O)C=CC2C(C)C(O)C12. The number of carbonyl (C=O) groups excluding carboxylic acids is 1. The molecule has 66 valence electrons. The second kappa shape index (κ2) is 2.43. The molecular weight excluding hydrogens is 152 g/mol. The first-order chi connectivity index (χ1) is 5.63. The maximum atomic E-state index is 11.2. The van der Waals surface area contributed by atoms with Gasteiger partial charge in [0.2, 0.25) is 0 Å². The third-order valence-corrected chi connectivity index (χ3v) is 3.49. The van der Waals surface area contributed by atoms with E-state index in [9.17, 15) is 9.90 Å². The number of allylic oxidation sites excluding steroid dienone is 2. The van der Waals surface area contributed by atoms with Crippen LogP contribution in [0.1, 0.15) is 13.8 Å². The Morgan fingerprint density at radius 3 is 2.75 bits per heavy atom. The number of aliphatic hydroxyl groups is 1. The van der Waals surface area contributed by atoms with E-state index >= 15 is 0 Å². The third kappa shape index (κ3) is 0.816. The van der Waals surface area contributed by atoms with Crippen LogP contribution in [0.5, 0.6) is 0 Å². The molecule has 0 amide bonds. The van der Waals surface area contributed by atoms with Crippen LogP contribution >= 0.6 is 0 Å². The topological polar surface area (TPSA) is 37.3 Å². The highest BCUT2D eigenvalue weighted by Gasteiger charge is 2.50. The molecule has 0 aromatic heterocycles. The second-order valence-corrected chi connectivity index (χ2v) is 4.05. The van der Waals surface area contributed by atoms with Crippen molar-refractivity contribution < 1.29 is 9.90 Å². The standard InChI is InChI=1S/C10H14O2/c1-5-7-3-4-8(11)6(2)9(7)10(5)12/h3-7,9-10,12H,1-2H3. The van der Waals surface area contributed by atoms with Gasteiger partial charge in [-0.15, -0.1) is 0 Å². The Kier molecular flexibility index (Phi) is 1.62. The quantitative estimate of drug-likeness (QED) is 0.583. The average molecular weight is 166 g/mol. The average Bonchev–Trinajstić information content (AvgIpc) is 2.08. The van der Waals surface area contributed by atoms with Crippen LogP contribution in [0, 0.1) is 23.7 Å². The lowest BCUT2D eigenvalue weighted by molar-refractivity contribution is -0.137. The number of rotatable bonds is 0. The van der Waals surface area contributed by atoms with Crippen molar-refractivity contribution in [2.24, 2.45) is 23.7 Å². The maximum absolute atomic E-state index is 11.2. The highest BCUT2D eigenvalue weighted by atomic mass is 16.3. The van der Waals surface area contributed by atoms with E-state index in [1.807, 2.05) is 19.9 Å². The fourth-order valence-corrected chi connectivity index (χ4v) is 2.49. The number of hydrogen-bond donors (Lipinski definition) is 1. The third-order valence-electron chi connectivity index (χ3n) is 3.49. The summed E-state index contributed by atoms with van der Waals surface area (Å²) in [5, 5.41) is 9.61. The fraction of sp³-hybridized carbons (Fsp3) is 0.700. The Balaban J connectivity index is 2.24. The summed E-state index contributed by atoms with van der Waals surface area (Å²) in [6, 6.07) is 0. The van der Waals surface area contributed by atoms with Gasteiger partial charge in [-0.05, 0) is 17.9 Å². The molecule has 1 saturated carbocycles. The van der Waals surface area contributed by atoms with Gasteiger partial charge in [-0.3, -0.25) is 4.79 Å². The van der Waals surface area contributed by atoms with E-state index in [0.29, 0.717) is 11.8 Å². The molecule has 0 spiro atoms. The summed E-state index contributed by atoms with van der Waals surface area (Å²) in [7, 11) is 0. The van der Waals surface area contributed by atoms with Gasteiger partial charge < -0.3 is 5.11 Å². The van der Waals surface area contributed by atoms with Crippen molar-refractivity contribution in [1.82, 2.24) is 0 Å². The van der Waals surface area contributed by atoms with Gasteiger partial charge in [0.05, 0.1) is 6.10 Å². The molecule has 0 aromatic rings. The molecule has 2 rings (SSSR count). The molecule has 0 bridgehead atoms. The van der Waals surface area contributed by atoms with Crippen LogP contribution in [0.2, 0.25) is 0 Å². The van der Waals surface area contributed by atoms with Crippen LogP contribution in [0.15, 0.2) is 12.2 Å². The predicted octanol–water partition coefficient (Wildman–Crippen LogP) is 1.00. The molecule has 1 fully saturated rings. The lowest BCUT2D eigenvalue weighted by Gasteiger charge is -2.50. The van der Waals surface area contributed by atoms with Gasteiger partial charge in [0.1, 0.15) is 0 Å². The van der Waals surface area contributed by atoms with Crippen LogP contribution in [0.4, 0.5) is 0 Å². The smallest absolute Gasteiger partial charge is 0.158 e. The van der Waals surface area contributed by atoms with Gasteiger partial charge in [-0.2, -0.15) is 0 Å². The lowest BCUT2D eigenvalue weighted by atomic mass is 9.56. The van der Waals surface area contributed by atoms with Crippen molar-refractivity contribution in [3.8, 4) is 0 Å². The Labute approximate surface area is 72.3 Å². The Hall–Kier alpha value is -0.630. The zero-order chi connectivity index (χ0) is 8.88. The summed E-state index contributed by atoms with van der Waals surface area (Å²) >= 11 is 0. The van der Waals surface area contributed by atoms with E-state index in [1.165, 1.54) is 0 Å². The van der Waals surface area contributed by atoms with Crippen molar-refractivity contribution in [3.63, 3.8) is 0 Å². The van der Waals surface area contributed by atoms with Crippen LogP contribution < -0.4 is 0 Å². The van der Waals surface area contributed by atoms with Crippen molar-refractivity contribution >= 4 is 5.78 Å². The number of hydrogen-bond acceptors (Lipinski definition) is 2. The molecule has 1 N–H and O–H groups in total.